The van der Waals surface area contributed by atoms with Gasteiger partial charge in [-0.2, -0.15) is 18.3 Å². The minimum atomic E-state index is -4.38. The highest BCUT2D eigenvalue weighted by Crippen LogP contribution is 2.25. The molecule has 11 heteroatoms. The third-order valence-electron chi connectivity index (χ3n) is 4.04. The largest absolute Gasteiger partial charge is 0.486 e. The van der Waals surface area contributed by atoms with E-state index in [-0.39, 0.29) is 36.1 Å². The lowest BCUT2D eigenvalue weighted by molar-refractivity contribution is -0.142. The molecule has 8 nitrogen and oxygen atoms in total. The second-order valence-corrected chi connectivity index (χ2v) is 6.33. The highest BCUT2D eigenvalue weighted by atomic mass is 19.4. The van der Waals surface area contributed by atoms with Gasteiger partial charge in [0.1, 0.15) is 31.2 Å². The average Bonchev–Trinajstić information content (AvgIpc) is 3.19. The molecule has 0 atom stereocenters. The van der Waals surface area contributed by atoms with Gasteiger partial charge >= 0.3 is 6.18 Å². The predicted molar refractivity (Wildman–Crippen MR) is 103 cm³/mol. The smallest absolute Gasteiger partial charge is 0.408 e. The molecule has 0 bridgehead atoms. The van der Waals surface area contributed by atoms with Gasteiger partial charge < -0.3 is 14.2 Å². The number of ether oxygens (including phenoxy) is 3. The van der Waals surface area contributed by atoms with E-state index in [9.17, 15) is 18.0 Å². The molecule has 0 aliphatic carbocycles. The van der Waals surface area contributed by atoms with Gasteiger partial charge in [-0.05, 0) is 12.1 Å². The topological polar surface area (TPSA) is 88.4 Å². The zero-order chi connectivity index (χ0) is 22.3. The van der Waals surface area contributed by atoms with Crippen LogP contribution in [0.1, 0.15) is 15.9 Å². The molecule has 0 saturated heterocycles. The second kappa shape index (κ2) is 10.0. The van der Waals surface area contributed by atoms with Gasteiger partial charge in [-0.25, -0.2) is 4.98 Å². The Morgan fingerprint density at radius 3 is 2.74 bits per heavy atom. The van der Waals surface area contributed by atoms with Crippen molar-refractivity contribution in [3.05, 3.63) is 54.0 Å². The fourth-order valence-electron chi connectivity index (χ4n) is 2.66. The molecule has 0 aliphatic rings. The summed E-state index contributed by atoms with van der Waals surface area (Å²) in [5.41, 5.74) is 1.47. The first-order valence-corrected chi connectivity index (χ1v) is 9.14. The van der Waals surface area contributed by atoms with Gasteiger partial charge in [-0.15, -0.1) is 0 Å². The van der Waals surface area contributed by atoms with Crippen LogP contribution in [0.5, 0.6) is 11.6 Å². The Morgan fingerprint density at radius 2 is 2.00 bits per heavy atom. The summed E-state index contributed by atoms with van der Waals surface area (Å²) >= 11 is 0. The molecule has 0 saturated carbocycles. The van der Waals surface area contributed by atoms with E-state index in [1.807, 2.05) is 0 Å². The van der Waals surface area contributed by atoms with Crippen molar-refractivity contribution < 1.29 is 32.2 Å². The monoisotopic (exact) mass is 436 g/mol. The summed E-state index contributed by atoms with van der Waals surface area (Å²) in [6.45, 7) is -0.540. The fourth-order valence-corrected chi connectivity index (χ4v) is 2.66. The van der Waals surface area contributed by atoms with E-state index in [1.54, 1.807) is 12.1 Å². The number of carbonyl (C=O) groups is 1. The van der Waals surface area contributed by atoms with E-state index in [0.717, 1.165) is 4.68 Å². The molecule has 31 heavy (non-hydrogen) atoms. The van der Waals surface area contributed by atoms with Gasteiger partial charge in [0, 0.05) is 31.1 Å². The number of aromatic nitrogens is 4. The van der Waals surface area contributed by atoms with E-state index in [2.05, 4.69) is 15.1 Å². The van der Waals surface area contributed by atoms with Crippen LogP contribution in [0.4, 0.5) is 13.2 Å². The Morgan fingerprint density at radius 1 is 1.16 bits per heavy atom. The van der Waals surface area contributed by atoms with E-state index >= 15 is 0 Å². The van der Waals surface area contributed by atoms with Crippen LogP contribution in [0.2, 0.25) is 0 Å². The number of nitrogens with zero attached hydrogens (tertiary/aromatic N) is 4. The molecule has 0 aromatic carbocycles. The van der Waals surface area contributed by atoms with Crippen molar-refractivity contribution in [1.29, 1.82) is 0 Å². The van der Waals surface area contributed by atoms with Crippen molar-refractivity contribution in [2.24, 2.45) is 0 Å². The maximum Gasteiger partial charge on any atom is 0.408 e. The second-order valence-electron chi connectivity index (χ2n) is 6.33. The van der Waals surface area contributed by atoms with Crippen molar-refractivity contribution in [2.45, 2.75) is 19.3 Å². The highest BCUT2D eigenvalue weighted by molar-refractivity contribution is 5.79. The number of hydrogen-bond acceptors (Lipinski definition) is 7. The van der Waals surface area contributed by atoms with E-state index in [4.69, 9.17) is 14.2 Å². The summed E-state index contributed by atoms with van der Waals surface area (Å²) in [5.74, 6) is 0.482. The van der Waals surface area contributed by atoms with Crippen molar-refractivity contribution in [3.63, 3.8) is 0 Å². The van der Waals surface area contributed by atoms with Crippen LogP contribution in [-0.4, -0.2) is 52.5 Å². The average molecular weight is 436 g/mol. The molecule has 0 radical (unpaired) electrons. The number of pyridine rings is 2. The Kier molecular flexibility index (Phi) is 7.19. The molecule has 164 valence electrons. The third kappa shape index (κ3) is 6.25. The van der Waals surface area contributed by atoms with Gasteiger partial charge in [0.25, 0.3) is 0 Å². The highest BCUT2D eigenvalue weighted by Gasteiger charge is 2.28. The first-order chi connectivity index (χ1) is 14.9. The van der Waals surface area contributed by atoms with E-state index < -0.39 is 12.7 Å². The zero-order valence-electron chi connectivity index (χ0n) is 16.5. The SMILES string of the molecule is COCCOc1cc(C=O)c(OCc2cccnc2-c2ccn(CC(F)(F)F)n2)cn1. The summed E-state index contributed by atoms with van der Waals surface area (Å²) < 4.78 is 54.5. The number of rotatable bonds is 10. The van der Waals surface area contributed by atoms with Gasteiger partial charge in [0.15, 0.2) is 6.29 Å². The predicted octanol–water partition coefficient (Wildman–Crippen LogP) is 3.32. The van der Waals surface area contributed by atoms with Gasteiger partial charge in [0.2, 0.25) is 5.88 Å². The summed E-state index contributed by atoms with van der Waals surface area (Å²) in [7, 11) is 1.54. The van der Waals surface area contributed by atoms with Crippen LogP contribution >= 0.6 is 0 Å². The minimum absolute atomic E-state index is 0.00169. The number of alkyl halides is 3. The molecular weight excluding hydrogens is 417 g/mol. The number of halogens is 3. The maximum atomic E-state index is 12.6. The van der Waals surface area contributed by atoms with Crippen molar-refractivity contribution in [3.8, 4) is 23.0 Å². The van der Waals surface area contributed by atoms with Crippen LogP contribution in [0.3, 0.4) is 0 Å². The first kappa shape index (κ1) is 22.2. The Balaban J connectivity index is 1.74. The fraction of sp³-hybridized carbons (Fsp3) is 0.300. The van der Waals surface area contributed by atoms with Crippen LogP contribution in [-0.2, 0) is 17.9 Å². The molecule has 0 aliphatic heterocycles. The van der Waals surface area contributed by atoms with Crippen molar-refractivity contribution >= 4 is 6.29 Å². The lowest BCUT2D eigenvalue weighted by atomic mass is 10.1. The quantitative estimate of drug-likeness (QED) is 0.356. The lowest BCUT2D eigenvalue weighted by Gasteiger charge is -2.12. The standard InChI is InChI=1S/C20H19F3N4O4/c1-29-7-8-30-18-9-15(11-28)17(10-25-18)31-12-14-3-2-5-24-19(14)16-4-6-27(26-16)13-20(21,22)23/h2-6,9-11H,7-8,12-13H2,1H3. The number of hydrogen-bond donors (Lipinski definition) is 0. The Hall–Kier alpha value is -3.47. The Labute approximate surface area is 175 Å². The van der Waals surface area contributed by atoms with Crippen LogP contribution in [0, 0.1) is 0 Å². The lowest BCUT2D eigenvalue weighted by Crippen LogP contribution is -2.18. The van der Waals surface area contributed by atoms with Gasteiger partial charge in [0.05, 0.1) is 24.1 Å². The van der Waals surface area contributed by atoms with Gasteiger partial charge in [-0.1, -0.05) is 6.07 Å². The maximum absolute atomic E-state index is 12.6. The molecule has 0 unspecified atom stereocenters. The van der Waals surface area contributed by atoms with Crippen LogP contribution in [0.15, 0.2) is 42.9 Å². The molecule has 0 fully saturated rings. The van der Waals surface area contributed by atoms with E-state index in [0.29, 0.717) is 24.2 Å². The third-order valence-corrected chi connectivity index (χ3v) is 4.04. The van der Waals surface area contributed by atoms with E-state index in [1.165, 1.54) is 37.8 Å². The van der Waals surface area contributed by atoms with Gasteiger partial charge in [-0.3, -0.25) is 14.5 Å². The summed E-state index contributed by atoms with van der Waals surface area (Å²) in [5, 5.41) is 3.95. The minimum Gasteiger partial charge on any atom is -0.486 e. The molecule has 0 N–H and O–H groups in total. The molecule has 3 aromatic heterocycles. The zero-order valence-corrected chi connectivity index (χ0v) is 16.5. The molecular formula is C20H19F3N4O4. The Bertz CT molecular complexity index is 1020. The molecule has 0 spiro atoms. The normalized spacial score (nSPS) is 11.4. The number of methoxy groups -OCH3 is 1. The molecule has 0 amide bonds. The van der Waals surface area contributed by atoms with Crippen molar-refractivity contribution in [2.75, 3.05) is 20.3 Å². The number of aldehydes is 1. The van der Waals surface area contributed by atoms with Crippen LogP contribution in [0.25, 0.3) is 11.4 Å². The summed E-state index contributed by atoms with van der Waals surface area (Å²) in [6, 6.07) is 6.27. The molecule has 3 aromatic rings. The molecule has 3 rings (SSSR count). The molecule has 3 heterocycles. The first-order valence-electron chi connectivity index (χ1n) is 9.14. The summed E-state index contributed by atoms with van der Waals surface area (Å²) in [6.07, 6.45) is 0.338. The summed E-state index contributed by atoms with van der Waals surface area (Å²) in [4.78, 5) is 19.7. The van der Waals surface area contributed by atoms with Crippen molar-refractivity contribution in [1.82, 2.24) is 19.7 Å². The number of carbonyl (C=O) groups excluding carboxylic acids is 1. The van der Waals surface area contributed by atoms with Crippen LogP contribution < -0.4 is 9.47 Å².